The predicted octanol–water partition coefficient (Wildman–Crippen LogP) is 5.15. The molecule has 0 heterocycles. The number of carbonyl (C=O) groups is 1. The minimum absolute atomic E-state index is 0.193. The van der Waals surface area contributed by atoms with Crippen molar-refractivity contribution < 1.29 is 9.53 Å². The van der Waals surface area contributed by atoms with Crippen molar-refractivity contribution >= 4 is 5.97 Å². The fourth-order valence-corrected chi connectivity index (χ4v) is 2.37. The lowest BCUT2D eigenvalue weighted by atomic mass is 9.97. The van der Waals surface area contributed by atoms with Gasteiger partial charge in [-0.3, -0.25) is 0 Å². The van der Waals surface area contributed by atoms with Crippen molar-refractivity contribution in [2.75, 3.05) is 6.61 Å². The largest absolute Gasteiger partial charge is 0.462 e. The van der Waals surface area contributed by atoms with Gasteiger partial charge in [0.05, 0.1) is 12.2 Å². The van der Waals surface area contributed by atoms with E-state index in [-0.39, 0.29) is 5.97 Å². The summed E-state index contributed by atoms with van der Waals surface area (Å²) in [6, 6.07) is 7.57. The third kappa shape index (κ3) is 6.23. The lowest BCUT2D eigenvalue weighted by Crippen LogP contribution is -2.14. The van der Waals surface area contributed by atoms with Crippen LogP contribution in [0.25, 0.3) is 0 Å². The minimum atomic E-state index is -0.193. The number of hydrogen-bond donors (Lipinski definition) is 0. The molecule has 20 heavy (non-hydrogen) atoms. The fraction of sp³-hybridized carbons (Fsp3) is 0.611. The molecule has 0 aromatic heterocycles. The van der Waals surface area contributed by atoms with Crippen LogP contribution >= 0.6 is 0 Å². The molecular weight excluding hydrogens is 248 g/mol. The molecular formula is C18H28O2. The van der Waals surface area contributed by atoms with Crippen LogP contribution in [0.3, 0.4) is 0 Å². The average molecular weight is 276 g/mol. The molecule has 0 unspecified atom stereocenters. The van der Waals surface area contributed by atoms with Gasteiger partial charge in [-0.1, -0.05) is 57.2 Å². The Kier molecular flexibility index (Phi) is 8.01. The van der Waals surface area contributed by atoms with Crippen molar-refractivity contribution in [1.29, 1.82) is 0 Å². The first kappa shape index (κ1) is 16.7. The van der Waals surface area contributed by atoms with Crippen LogP contribution in [-0.4, -0.2) is 12.6 Å². The first-order valence-electron chi connectivity index (χ1n) is 7.91. The van der Waals surface area contributed by atoms with Gasteiger partial charge in [0, 0.05) is 0 Å². The van der Waals surface area contributed by atoms with Crippen LogP contribution in [0.5, 0.6) is 0 Å². The van der Waals surface area contributed by atoms with E-state index in [4.69, 9.17) is 4.74 Å². The third-order valence-corrected chi connectivity index (χ3v) is 3.65. The molecule has 0 radical (unpaired) electrons. The standard InChI is InChI=1S/C18H28O2/c1-4-6-7-9-16(8-5-2)14-20-18(19)17-12-10-15(3)11-13-17/h10-13,16H,4-9,14H2,1-3H3/t16-/m0/s1. The van der Waals surface area contributed by atoms with Crippen LogP contribution in [0.2, 0.25) is 0 Å². The molecule has 0 N–H and O–H groups in total. The van der Waals surface area contributed by atoms with Gasteiger partial charge >= 0.3 is 5.97 Å². The second-order valence-electron chi connectivity index (χ2n) is 5.61. The number of unbranched alkanes of at least 4 members (excludes halogenated alkanes) is 2. The molecule has 0 spiro atoms. The molecule has 2 nitrogen and oxygen atoms in total. The Balaban J connectivity index is 2.41. The van der Waals surface area contributed by atoms with E-state index in [9.17, 15) is 4.79 Å². The summed E-state index contributed by atoms with van der Waals surface area (Å²) in [4.78, 5) is 12.0. The quantitative estimate of drug-likeness (QED) is 0.460. The van der Waals surface area contributed by atoms with E-state index in [1.165, 1.54) is 25.7 Å². The topological polar surface area (TPSA) is 26.3 Å². The predicted molar refractivity (Wildman–Crippen MR) is 84.0 cm³/mol. The molecule has 1 aromatic carbocycles. The number of ether oxygens (including phenoxy) is 1. The van der Waals surface area contributed by atoms with E-state index in [1.807, 2.05) is 31.2 Å². The van der Waals surface area contributed by atoms with Crippen LogP contribution in [0.15, 0.2) is 24.3 Å². The molecule has 1 atom stereocenters. The van der Waals surface area contributed by atoms with Crippen molar-refractivity contribution in [1.82, 2.24) is 0 Å². The maximum atomic E-state index is 12.0. The van der Waals surface area contributed by atoms with Gasteiger partial charge in [-0.15, -0.1) is 0 Å². The lowest BCUT2D eigenvalue weighted by Gasteiger charge is -2.16. The van der Waals surface area contributed by atoms with E-state index in [0.717, 1.165) is 18.4 Å². The molecule has 1 aromatic rings. The Bertz CT molecular complexity index is 381. The maximum Gasteiger partial charge on any atom is 0.338 e. The summed E-state index contributed by atoms with van der Waals surface area (Å²) in [5.41, 5.74) is 1.81. The smallest absolute Gasteiger partial charge is 0.338 e. The normalized spacial score (nSPS) is 12.2. The van der Waals surface area contributed by atoms with Crippen molar-refractivity contribution in [3.8, 4) is 0 Å². The summed E-state index contributed by atoms with van der Waals surface area (Å²) in [6.07, 6.45) is 7.21. The lowest BCUT2D eigenvalue weighted by molar-refractivity contribution is 0.0423. The molecule has 0 fully saturated rings. The van der Waals surface area contributed by atoms with Gasteiger partial charge in [0.1, 0.15) is 0 Å². The monoisotopic (exact) mass is 276 g/mol. The second kappa shape index (κ2) is 9.57. The number of esters is 1. The summed E-state index contributed by atoms with van der Waals surface area (Å²) in [5, 5.41) is 0. The zero-order chi connectivity index (χ0) is 14.8. The minimum Gasteiger partial charge on any atom is -0.462 e. The Morgan fingerprint density at radius 3 is 2.35 bits per heavy atom. The Labute approximate surface area is 123 Å². The van der Waals surface area contributed by atoms with Crippen LogP contribution in [0.4, 0.5) is 0 Å². The molecule has 1 rings (SSSR count). The van der Waals surface area contributed by atoms with Crippen molar-refractivity contribution in [2.45, 2.75) is 59.3 Å². The zero-order valence-electron chi connectivity index (χ0n) is 13.2. The molecule has 2 heteroatoms. The number of carbonyl (C=O) groups excluding carboxylic acids is 1. The van der Waals surface area contributed by atoms with Gasteiger partial charge in [0.15, 0.2) is 0 Å². The van der Waals surface area contributed by atoms with Gasteiger partial charge in [-0.05, 0) is 37.8 Å². The van der Waals surface area contributed by atoms with Crippen molar-refractivity contribution in [3.63, 3.8) is 0 Å². The van der Waals surface area contributed by atoms with E-state index in [2.05, 4.69) is 13.8 Å². The van der Waals surface area contributed by atoms with Crippen molar-refractivity contribution in [3.05, 3.63) is 35.4 Å². The highest BCUT2D eigenvalue weighted by molar-refractivity contribution is 5.89. The Hall–Kier alpha value is -1.31. The van der Waals surface area contributed by atoms with E-state index in [0.29, 0.717) is 18.1 Å². The fourth-order valence-electron chi connectivity index (χ4n) is 2.37. The summed E-state index contributed by atoms with van der Waals surface area (Å²) in [6.45, 7) is 6.98. The second-order valence-corrected chi connectivity index (χ2v) is 5.61. The summed E-state index contributed by atoms with van der Waals surface area (Å²) in [7, 11) is 0. The molecule has 0 aliphatic carbocycles. The Morgan fingerprint density at radius 1 is 1.05 bits per heavy atom. The molecule has 0 saturated heterocycles. The van der Waals surface area contributed by atoms with Crippen LogP contribution in [0, 0.1) is 12.8 Å². The van der Waals surface area contributed by atoms with E-state index < -0.39 is 0 Å². The Morgan fingerprint density at radius 2 is 1.75 bits per heavy atom. The van der Waals surface area contributed by atoms with Gasteiger partial charge in [-0.25, -0.2) is 4.79 Å². The van der Waals surface area contributed by atoms with E-state index >= 15 is 0 Å². The highest BCUT2D eigenvalue weighted by atomic mass is 16.5. The highest BCUT2D eigenvalue weighted by Crippen LogP contribution is 2.17. The van der Waals surface area contributed by atoms with Gasteiger partial charge in [0.2, 0.25) is 0 Å². The SMILES string of the molecule is CCCCC[C@H](CCC)COC(=O)c1ccc(C)cc1. The molecule has 0 aliphatic rings. The number of hydrogen-bond acceptors (Lipinski definition) is 2. The molecule has 0 amide bonds. The highest BCUT2D eigenvalue weighted by Gasteiger charge is 2.12. The summed E-state index contributed by atoms with van der Waals surface area (Å²) in [5.74, 6) is 0.322. The molecule has 0 saturated carbocycles. The van der Waals surface area contributed by atoms with Crippen LogP contribution in [-0.2, 0) is 4.74 Å². The summed E-state index contributed by atoms with van der Waals surface area (Å²) < 4.78 is 5.47. The first-order valence-corrected chi connectivity index (χ1v) is 7.91. The van der Waals surface area contributed by atoms with Gasteiger partial charge < -0.3 is 4.74 Å². The maximum absolute atomic E-state index is 12.0. The third-order valence-electron chi connectivity index (χ3n) is 3.65. The summed E-state index contributed by atoms with van der Waals surface area (Å²) >= 11 is 0. The average Bonchev–Trinajstić information content (AvgIpc) is 2.45. The molecule has 0 aliphatic heterocycles. The number of rotatable bonds is 9. The van der Waals surface area contributed by atoms with Crippen molar-refractivity contribution in [2.24, 2.45) is 5.92 Å². The molecule has 112 valence electrons. The first-order chi connectivity index (χ1) is 9.67. The number of benzene rings is 1. The number of aryl methyl sites for hydroxylation is 1. The van der Waals surface area contributed by atoms with Gasteiger partial charge in [0.25, 0.3) is 0 Å². The van der Waals surface area contributed by atoms with E-state index in [1.54, 1.807) is 0 Å². The molecule has 0 bridgehead atoms. The zero-order valence-corrected chi connectivity index (χ0v) is 13.2. The van der Waals surface area contributed by atoms with Crippen LogP contribution < -0.4 is 0 Å². The van der Waals surface area contributed by atoms with Crippen LogP contribution in [0.1, 0.15) is 68.3 Å². The van der Waals surface area contributed by atoms with Gasteiger partial charge in [-0.2, -0.15) is 0 Å².